The molecule has 2 aromatic carbocycles. The number of amides is 1. The molecular formula is C33H34F2N4O8S2. The molecule has 0 aliphatic carbocycles. The Morgan fingerprint density at radius 2 is 1.61 bits per heavy atom. The van der Waals surface area contributed by atoms with E-state index in [4.69, 9.17) is 0 Å². The molecule has 0 bridgehead atoms. The SMILES string of the molecule is Cc1c(C)n(C)c(=O)n(-c2ccc(C[C@H](NC(=O)c3cc(F)c(NS(=O)(=O)c4cc(CC(=O)C(C)(C)C)cs4)cc3F)C(=O)O)cc2)c1=O. The van der Waals surface area contributed by atoms with Crippen LogP contribution in [0.25, 0.3) is 5.69 Å². The van der Waals surface area contributed by atoms with Crippen LogP contribution in [0, 0.1) is 30.9 Å². The van der Waals surface area contributed by atoms with Crippen molar-refractivity contribution >= 4 is 44.7 Å². The molecule has 4 rings (SSSR count). The molecule has 2 aromatic heterocycles. The van der Waals surface area contributed by atoms with Crippen molar-refractivity contribution in [3.63, 3.8) is 0 Å². The number of hydrogen-bond acceptors (Lipinski definition) is 8. The summed E-state index contributed by atoms with van der Waals surface area (Å²) in [5, 5.41) is 13.4. The molecule has 49 heavy (non-hydrogen) atoms. The normalized spacial score (nSPS) is 12.4. The number of thiophene rings is 1. The molecule has 260 valence electrons. The van der Waals surface area contributed by atoms with Crippen LogP contribution in [-0.4, -0.2) is 46.4 Å². The van der Waals surface area contributed by atoms with Gasteiger partial charge < -0.3 is 15.0 Å². The van der Waals surface area contributed by atoms with Gasteiger partial charge in [0.15, 0.2) is 0 Å². The van der Waals surface area contributed by atoms with Crippen molar-refractivity contribution in [3.05, 3.63) is 108 Å². The van der Waals surface area contributed by atoms with Crippen LogP contribution in [0.5, 0.6) is 0 Å². The van der Waals surface area contributed by atoms with Crippen molar-refractivity contribution in [2.45, 2.75) is 57.7 Å². The summed E-state index contributed by atoms with van der Waals surface area (Å²) < 4.78 is 59.9. The van der Waals surface area contributed by atoms with E-state index in [9.17, 15) is 37.5 Å². The van der Waals surface area contributed by atoms with Crippen LogP contribution in [0.1, 0.15) is 53.5 Å². The monoisotopic (exact) mass is 716 g/mol. The molecule has 1 amide bonds. The molecule has 0 radical (unpaired) electrons. The number of rotatable bonds is 11. The van der Waals surface area contributed by atoms with Gasteiger partial charge in [-0.3, -0.25) is 19.1 Å². The van der Waals surface area contributed by atoms with Gasteiger partial charge in [-0.25, -0.2) is 31.4 Å². The van der Waals surface area contributed by atoms with Gasteiger partial charge in [0.25, 0.3) is 21.5 Å². The zero-order chi connectivity index (χ0) is 36.6. The summed E-state index contributed by atoms with van der Waals surface area (Å²) in [6.45, 7) is 8.42. The fraction of sp³-hybridized carbons (Fsp3) is 0.303. The predicted molar refractivity (Wildman–Crippen MR) is 179 cm³/mol. The summed E-state index contributed by atoms with van der Waals surface area (Å²) in [5.41, 5.74) is -1.46. The van der Waals surface area contributed by atoms with Crippen LogP contribution < -0.4 is 21.3 Å². The topological polar surface area (TPSA) is 174 Å². The molecule has 16 heteroatoms. The maximum atomic E-state index is 15.0. The number of nitrogens with one attached hydrogen (secondary N) is 2. The Bertz CT molecular complexity index is 2160. The number of sulfonamides is 1. The third-order valence-electron chi connectivity index (χ3n) is 7.93. The zero-order valence-corrected chi connectivity index (χ0v) is 29.0. The number of aromatic nitrogens is 2. The van der Waals surface area contributed by atoms with E-state index in [1.165, 1.54) is 47.3 Å². The van der Waals surface area contributed by atoms with E-state index >= 15 is 8.78 Å². The molecule has 0 unspecified atom stereocenters. The van der Waals surface area contributed by atoms with Crippen LogP contribution in [0.2, 0.25) is 0 Å². The molecule has 1 atom stereocenters. The average molecular weight is 717 g/mol. The fourth-order valence-electron chi connectivity index (χ4n) is 4.67. The first-order valence-electron chi connectivity index (χ1n) is 14.8. The number of carbonyl (C=O) groups excluding carboxylic acids is 2. The summed E-state index contributed by atoms with van der Waals surface area (Å²) in [5.74, 6) is -5.50. The van der Waals surface area contributed by atoms with Crippen molar-refractivity contribution in [2.75, 3.05) is 4.72 Å². The minimum Gasteiger partial charge on any atom is -0.480 e. The van der Waals surface area contributed by atoms with Gasteiger partial charge in [-0.2, -0.15) is 0 Å². The molecule has 2 heterocycles. The van der Waals surface area contributed by atoms with Gasteiger partial charge in [0.2, 0.25) is 0 Å². The largest absolute Gasteiger partial charge is 0.480 e. The Kier molecular flexibility index (Phi) is 10.4. The molecular weight excluding hydrogens is 683 g/mol. The number of anilines is 1. The third-order valence-corrected chi connectivity index (χ3v) is 10.8. The Hall–Kier alpha value is -4.96. The highest BCUT2D eigenvalue weighted by molar-refractivity contribution is 7.94. The Morgan fingerprint density at radius 1 is 0.980 bits per heavy atom. The van der Waals surface area contributed by atoms with E-state index in [0.29, 0.717) is 34.5 Å². The van der Waals surface area contributed by atoms with Crippen molar-refractivity contribution in [1.82, 2.24) is 14.5 Å². The number of ketones is 1. The molecule has 0 aliphatic rings. The van der Waals surface area contributed by atoms with Gasteiger partial charge in [-0.1, -0.05) is 32.9 Å². The standard InChI is InChI=1S/C33H34F2N4O8S2/c1-17-18(2)38(6)32(45)39(30(17)42)21-9-7-19(8-10-21)11-26(31(43)44)36-29(41)22-14-24(35)25(15-23(22)34)37-49(46,47)28-13-20(16-48-28)12-27(40)33(3,4)5/h7-10,13-16,26,37H,11-12H2,1-6H3,(H,36,41)(H,43,44)/t26-/m0/s1. The molecule has 4 aromatic rings. The van der Waals surface area contributed by atoms with E-state index in [-0.39, 0.29) is 28.5 Å². The van der Waals surface area contributed by atoms with Gasteiger partial charge in [-0.15, -0.1) is 11.3 Å². The van der Waals surface area contributed by atoms with Crippen LogP contribution in [0.4, 0.5) is 14.5 Å². The molecule has 0 saturated carbocycles. The second-order valence-corrected chi connectivity index (χ2v) is 15.3. The molecule has 0 spiro atoms. The van der Waals surface area contributed by atoms with Crippen LogP contribution in [-0.2, 0) is 39.5 Å². The number of aliphatic carboxylic acids is 1. The van der Waals surface area contributed by atoms with Gasteiger partial charge in [0, 0.05) is 42.6 Å². The molecule has 3 N–H and O–H groups in total. The van der Waals surface area contributed by atoms with Crippen LogP contribution in [0.3, 0.4) is 0 Å². The smallest absolute Gasteiger partial charge is 0.335 e. The van der Waals surface area contributed by atoms with Gasteiger partial charge in [0.1, 0.15) is 27.7 Å². The molecule has 0 saturated heterocycles. The lowest BCUT2D eigenvalue weighted by Gasteiger charge is -2.16. The highest BCUT2D eigenvalue weighted by Crippen LogP contribution is 2.28. The number of Topliss-reactive ketones (excluding diaryl/α,β-unsaturated/α-hetero) is 1. The second-order valence-electron chi connectivity index (χ2n) is 12.5. The lowest BCUT2D eigenvalue weighted by molar-refractivity contribution is -0.139. The maximum Gasteiger partial charge on any atom is 0.335 e. The number of carboxylic acid groups (broad SMARTS) is 1. The number of carboxylic acids is 1. The van der Waals surface area contributed by atoms with E-state index in [2.05, 4.69) is 5.32 Å². The minimum atomic E-state index is -4.40. The number of nitrogens with zero attached hydrogens (tertiary/aromatic N) is 2. The number of carbonyl (C=O) groups is 3. The zero-order valence-electron chi connectivity index (χ0n) is 27.4. The Morgan fingerprint density at radius 3 is 2.20 bits per heavy atom. The minimum absolute atomic E-state index is 0.0132. The van der Waals surface area contributed by atoms with E-state index in [0.717, 1.165) is 15.9 Å². The first-order chi connectivity index (χ1) is 22.7. The summed E-state index contributed by atoms with van der Waals surface area (Å²) in [6.07, 6.45) is -0.312. The summed E-state index contributed by atoms with van der Waals surface area (Å²) in [6, 6.07) is 6.35. The van der Waals surface area contributed by atoms with Crippen LogP contribution in [0.15, 0.2) is 61.6 Å². The first kappa shape index (κ1) is 36.9. The Labute approximate surface area is 284 Å². The maximum absolute atomic E-state index is 15.0. The summed E-state index contributed by atoms with van der Waals surface area (Å²) in [4.78, 5) is 62.7. The number of halogens is 2. The molecule has 0 fully saturated rings. The Balaban J connectivity index is 1.49. The highest BCUT2D eigenvalue weighted by Gasteiger charge is 2.27. The summed E-state index contributed by atoms with van der Waals surface area (Å²) in [7, 11) is -2.87. The quantitative estimate of drug-likeness (QED) is 0.210. The van der Waals surface area contributed by atoms with E-state index in [1.807, 2.05) is 4.72 Å². The lowest BCUT2D eigenvalue weighted by Crippen LogP contribution is -2.42. The van der Waals surface area contributed by atoms with Crippen molar-refractivity contribution in [3.8, 4) is 5.69 Å². The number of hydrogen-bond donors (Lipinski definition) is 3. The van der Waals surface area contributed by atoms with Crippen molar-refractivity contribution in [2.24, 2.45) is 12.5 Å². The number of benzene rings is 2. The fourth-order valence-corrected chi connectivity index (χ4v) is 6.93. The molecule has 0 aliphatic heterocycles. The first-order valence-corrected chi connectivity index (χ1v) is 17.1. The lowest BCUT2D eigenvalue weighted by atomic mass is 9.88. The van der Waals surface area contributed by atoms with Crippen molar-refractivity contribution < 1.29 is 36.7 Å². The van der Waals surface area contributed by atoms with Gasteiger partial charge in [0.05, 0.1) is 16.9 Å². The van der Waals surface area contributed by atoms with Gasteiger partial charge >= 0.3 is 11.7 Å². The van der Waals surface area contributed by atoms with Crippen LogP contribution >= 0.6 is 11.3 Å². The van der Waals surface area contributed by atoms with E-state index < -0.39 is 67.5 Å². The molecule has 12 nitrogen and oxygen atoms in total. The summed E-state index contributed by atoms with van der Waals surface area (Å²) >= 11 is 0.790. The second kappa shape index (κ2) is 13.9. The third kappa shape index (κ3) is 8.03. The average Bonchev–Trinajstić information content (AvgIpc) is 3.50. The highest BCUT2D eigenvalue weighted by atomic mass is 32.2. The van der Waals surface area contributed by atoms with Crippen molar-refractivity contribution in [1.29, 1.82) is 0 Å². The van der Waals surface area contributed by atoms with Gasteiger partial charge in [-0.05, 0) is 54.6 Å². The van der Waals surface area contributed by atoms with E-state index in [1.54, 1.807) is 34.6 Å². The predicted octanol–water partition coefficient (Wildman–Crippen LogP) is 3.88.